The standard InChI is InChI=1S/C20H24BrN3O3/c1-20(2,3)27-19(26)24-18(25)17(21)16(13-22-24)23-11-9-15(10-12-23)14-7-5-4-6-8-14/h4-8,13,15H,9-12H2,1-3H3. The molecule has 0 saturated carbocycles. The normalized spacial score (nSPS) is 15.6. The van der Waals surface area contributed by atoms with Gasteiger partial charge in [0.05, 0.1) is 11.9 Å². The van der Waals surface area contributed by atoms with Gasteiger partial charge in [0.15, 0.2) is 0 Å². The van der Waals surface area contributed by atoms with Crippen LogP contribution in [-0.2, 0) is 4.74 Å². The maximum atomic E-state index is 12.6. The van der Waals surface area contributed by atoms with E-state index in [1.54, 1.807) is 27.0 Å². The molecule has 1 fully saturated rings. The van der Waals surface area contributed by atoms with Crippen molar-refractivity contribution in [1.82, 2.24) is 9.78 Å². The molecule has 1 aromatic heterocycles. The Morgan fingerprint density at radius 3 is 2.41 bits per heavy atom. The summed E-state index contributed by atoms with van der Waals surface area (Å²) in [5, 5.41) is 4.03. The van der Waals surface area contributed by atoms with E-state index in [-0.39, 0.29) is 0 Å². The third kappa shape index (κ3) is 4.58. The Hall–Kier alpha value is -2.15. The van der Waals surface area contributed by atoms with Gasteiger partial charge in [0.1, 0.15) is 10.1 Å². The number of carbonyl (C=O) groups excluding carboxylic acids is 1. The topological polar surface area (TPSA) is 64.4 Å². The van der Waals surface area contributed by atoms with Crippen molar-refractivity contribution in [2.75, 3.05) is 18.0 Å². The van der Waals surface area contributed by atoms with E-state index in [9.17, 15) is 9.59 Å². The first-order valence-corrected chi connectivity index (χ1v) is 9.86. The number of anilines is 1. The summed E-state index contributed by atoms with van der Waals surface area (Å²) in [4.78, 5) is 26.9. The van der Waals surface area contributed by atoms with Gasteiger partial charge in [-0.25, -0.2) is 4.79 Å². The number of hydrogen-bond donors (Lipinski definition) is 0. The first kappa shape index (κ1) is 19.6. The molecule has 6 nitrogen and oxygen atoms in total. The van der Waals surface area contributed by atoms with Crippen molar-refractivity contribution < 1.29 is 9.53 Å². The molecule has 0 spiro atoms. The Balaban J connectivity index is 1.74. The van der Waals surface area contributed by atoms with Crippen LogP contribution in [0.2, 0.25) is 0 Å². The summed E-state index contributed by atoms with van der Waals surface area (Å²) in [5.74, 6) is 0.524. The number of nitrogens with zero attached hydrogens (tertiary/aromatic N) is 3. The number of piperidine rings is 1. The van der Waals surface area contributed by atoms with Gasteiger partial charge in [-0.05, 0) is 61.0 Å². The minimum Gasteiger partial charge on any atom is -0.442 e. The molecule has 1 aliphatic rings. The highest BCUT2D eigenvalue weighted by Crippen LogP contribution is 2.32. The van der Waals surface area contributed by atoms with Crippen molar-refractivity contribution in [1.29, 1.82) is 0 Å². The number of halogens is 1. The van der Waals surface area contributed by atoms with Gasteiger partial charge in [-0.2, -0.15) is 5.10 Å². The van der Waals surface area contributed by atoms with E-state index >= 15 is 0 Å². The molecule has 0 atom stereocenters. The molecule has 7 heteroatoms. The third-order valence-electron chi connectivity index (χ3n) is 4.57. The molecule has 0 bridgehead atoms. The molecule has 2 heterocycles. The van der Waals surface area contributed by atoms with Gasteiger partial charge in [0, 0.05) is 13.1 Å². The lowest BCUT2D eigenvalue weighted by Crippen LogP contribution is -2.38. The smallest absolute Gasteiger partial charge is 0.438 e. The van der Waals surface area contributed by atoms with Gasteiger partial charge in [0.25, 0.3) is 5.56 Å². The quantitative estimate of drug-likeness (QED) is 0.710. The zero-order valence-electron chi connectivity index (χ0n) is 15.8. The highest BCUT2D eigenvalue weighted by Gasteiger charge is 2.25. The van der Waals surface area contributed by atoms with Crippen LogP contribution in [0, 0.1) is 0 Å². The number of hydrogen-bond acceptors (Lipinski definition) is 5. The van der Waals surface area contributed by atoms with Gasteiger partial charge in [0.2, 0.25) is 0 Å². The number of benzene rings is 1. The second-order valence-electron chi connectivity index (χ2n) is 7.71. The van der Waals surface area contributed by atoms with E-state index in [0.717, 1.165) is 30.6 Å². The van der Waals surface area contributed by atoms with Crippen LogP contribution >= 0.6 is 15.9 Å². The van der Waals surface area contributed by atoms with Crippen LogP contribution in [0.25, 0.3) is 0 Å². The summed E-state index contributed by atoms with van der Waals surface area (Å²) in [5.41, 5.74) is 0.871. The Kier molecular flexibility index (Phi) is 5.69. The Morgan fingerprint density at radius 1 is 1.19 bits per heavy atom. The second kappa shape index (κ2) is 7.84. The first-order chi connectivity index (χ1) is 12.8. The number of carbonyl (C=O) groups is 1. The zero-order chi connectivity index (χ0) is 19.6. The first-order valence-electron chi connectivity index (χ1n) is 9.07. The number of aromatic nitrogens is 2. The summed E-state index contributed by atoms with van der Waals surface area (Å²) in [7, 11) is 0. The van der Waals surface area contributed by atoms with Crippen molar-refractivity contribution in [2.24, 2.45) is 0 Å². The molecule has 1 aliphatic heterocycles. The minimum atomic E-state index is -0.775. The molecular formula is C20H24BrN3O3. The molecule has 3 rings (SSSR count). The Labute approximate surface area is 167 Å². The fraction of sp³-hybridized carbons (Fsp3) is 0.450. The molecular weight excluding hydrogens is 410 g/mol. The van der Waals surface area contributed by atoms with Crippen LogP contribution in [0.4, 0.5) is 10.5 Å². The minimum absolute atomic E-state index is 0.335. The molecule has 144 valence electrons. The lowest BCUT2D eigenvalue weighted by Gasteiger charge is -2.34. The zero-order valence-corrected chi connectivity index (χ0v) is 17.4. The van der Waals surface area contributed by atoms with Gasteiger partial charge in [-0.3, -0.25) is 4.79 Å². The van der Waals surface area contributed by atoms with E-state index in [1.807, 2.05) is 6.07 Å². The van der Waals surface area contributed by atoms with E-state index in [4.69, 9.17) is 4.74 Å². The monoisotopic (exact) mass is 433 g/mol. The van der Waals surface area contributed by atoms with E-state index < -0.39 is 17.3 Å². The molecule has 27 heavy (non-hydrogen) atoms. The van der Waals surface area contributed by atoms with E-state index in [0.29, 0.717) is 16.1 Å². The lowest BCUT2D eigenvalue weighted by molar-refractivity contribution is 0.0505. The maximum Gasteiger partial charge on any atom is 0.438 e. The molecule has 1 aromatic carbocycles. The summed E-state index contributed by atoms with van der Waals surface area (Å²) >= 11 is 3.35. The van der Waals surface area contributed by atoms with Gasteiger partial charge in [-0.1, -0.05) is 30.3 Å². The average Bonchev–Trinajstić information content (AvgIpc) is 2.63. The predicted octanol–water partition coefficient (Wildman–Crippen LogP) is 4.17. The molecule has 0 amide bonds. The summed E-state index contributed by atoms with van der Waals surface area (Å²) in [6, 6.07) is 10.5. The number of ether oxygens (including phenoxy) is 1. The molecule has 0 unspecified atom stereocenters. The van der Waals surface area contributed by atoms with Crippen molar-refractivity contribution in [3.63, 3.8) is 0 Å². The largest absolute Gasteiger partial charge is 0.442 e. The van der Waals surface area contributed by atoms with Crippen LogP contribution in [0.1, 0.15) is 45.1 Å². The van der Waals surface area contributed by atoms with Crippen molar-refractivity contribution in [2.45, 2.75) is 45.1 Å². The molecule has 2 aromatic rings. The Bertz CT molecular complexity index is 866. The van der Waals surface area contributed by atoms with Crippen LogP contribution < -0.4 is 10.5 Å². The third-order valence-corrected chi connectivity index (χ3v) is 5.32. The summed E-state index contributed by atoms with van der Waals surface area (Å²) in [6.45, 7) is 6.90. The van der Waals surface area contributed by atoms with Crippen LogP contribution in [0.5, 0.6) is 0 Å². The van der Waals surface area contributed by atoms with Gasteiger partial charge in [-0.15, -0.1) is 4.68 Å². The van der Waals surface area contributed by atoms with Crippen LogP contribution in [0.3, 0.4) is 0 Å². The van der Waals surface area contributed by atoms with Crippen molar-refractivity contribution in [3.05, 3.63) is 56.9 Å². The van der Waals surface area contributed by atoms with E-state index in [2.05, 4.69) is 50.2 Å². The van der Waals surface area contributed by atoms with Crippen LogP contribution in [-0.4, -0.2) is 34.6 Å². The van der Waals surface area contributed by atoms with E-state index in [1.165, 1.54) is 5.56 Å². The fourth-order valence-electron chi connectivity index (χ4n) is 3.26. The van der Waals surface area contributed by atoms with Crippen LogP contribution in [0.15, 0.2) is 45.8 Å². The van der Waals surface area contributed by atoms with Crippen molar-refractivity contribution in [3.8, 4) is 0 Å². The SMILES string of the molecule is CC(C)(C)OC(=O)n1ncc(N2CCC(c3ccccc3)CC2)c(Br)c1=O. The highest BCUT2D eigenvalue weighted by atomic mass is 79.9. The van der Waals surface area contributed by atoms with Crippen molar-refractivity contribution >= 4 is 27.7 Å². The molecule has 0 N–H and O–H groups in total. The summed E-state index contributed by atoms with van der Waals surface area (Å²) < 4.78 is 6.33. The lowest BCUT2D eigenvalue weighted by atomic mass is 9.89. The van der Waals surface area contributed by atoms with Gasteiger partial charge >= 0.3 is 6.09 Å². The summed E-state index contributed by atoms with van der Waals surface area (Å²) in [6.07, 6.45) is 2.79. The highest BCUT2D eigenvalue weighted by molar-refractivity contribution is 9.10. The molecule has 0 radical (unpaired) electrons. The molecule has 1 saturated heterocycles. The number of rotatable bonds is 2. The average molecular weight is 434 g/mol. The van der Waals surface area contributed by atoms with Gasteiger partial charge < -0.3 is 9.64 Å². The fourth-order valence-corrected chi connectivity index (χ4v) is 3.78. The predicted molar refractivity (Wildman–Crippen MR) is 108 cm³/mol. The Morgan fingerprint density at radius 2 is 1.81 bits per heavy atom. The molecule has 0 aliphatic carbocycles. The maximum absolute atomic E-state index is 12.6. The second-order valence-corrected chi connectivity index (χ2v) is 8.51.